The van der Waals surface area contributed by atoms with Crippen molar-refractivity contribution in [2.45, 2.75) is 31.8 Å². The molecule has 1 aliphatic heterocycles. The number of carbonyl (C=O) groups excluding carboxylic acids is 2. The Kier molecular flexibility index (Phi) is 4.77. The third kappa shape index (κ3) is 4.00. The number of benzene rings is 1. The molecule has 0 bridgehead atoms. The molecule has 2 aliphatic rings. The number of aromatic carboxylic acids is 1. The van der Waals surface area contributed by atoms with Crippen molar-refractivity contribution in [3.63, 3.8) is 0 Å². The zero-order chi connectivity index (χ0) is 22.2. The first kappa shape index (κ1) is 19.7. The fraction of sp³-hybridized carbons (Fsp3) is 0.238. The van der Waals surface area contributed by atoms with Crippen LogP contribution in [0.15, 0.2) is 36.0 Å². The third-order valence-electron chi connectivity index (χ3n) is 5.18. The highest BCUT2D eigenvalue weighted by Gasteiger charge is 2.26. The minimum Gasteiger partial charge on any atom is -0.478 e. The molecule has 1 saturated carbocycles. The van der Waals surface area contributed by atoms with E-state index in [2.05, 4.69) is 31.0 Å². The first-order valence-electron chi connectivity index (χ1n) is 10.1. The highest BCUT2D eigenvalue weighted by molar-refractivity contribution is 6.15. The number of fused-ring (bicyclic) bond motifs is 1. The predicted octanol–water partition coefficient (Wildman–Crippen LogP) is 1.44. The van der Waals surface area contributed by atoms with E-state index in [0.717, 1.165) is 18.4 Å². The van der Waals surface area contributed by atoms with E-state index in [9.17, 15) is 14.4 Å². The number of rotatable bonds is 7. The standard InChI is InChI=1S/C21H19N7O4/c29-16-8-13(18(30)25-16)7-14-10-23-28-17(14)26-20(27-21(28)24-15-5-6-15)22-9-11-1-3-12(4-2-11)19(31)32/h1-4,7,10,15H,5-6,8-9H2,(H,31,32)(H,25,29,30)(H2,22,24,26,27)/b13-7+. The second-order valence-electron chi connectivity index (χ2n) is 7.70. The Morgan fingerprint density at radius 2 is 2.00 bits per heavy atom. The topological polar surface area (TPSA) is 151 Å². The van der Waals surface area contributed by atoms with E-state index in [1.807, 2.05) is 0 Å². The molecule has 1 aromatic carbocycles. The number of nitrogens with zero attached hydrogens (tertiary/aromatic N) is 4. The molecule has 0 atom stereocenters. The van der Waals surface area contributed by atoms with Crippen molar-refractivity contribution in [2.24, 2.45) is 0 Å². The van der Waals surface area contributed by atoms with Crippen LogP contribution in [0.4, 0.5) is 11.9 Å². The number of anilines is 2. The molecule has 3 aromatic rings. The summed E-state index contributed by atoms with van der Waals surface area (Å²) in [5.74, 6) is -0.843. The fourth-order valence-electron chi connectivity index (χ4n) is 3.33. The Labute approximate surface area is 181 Å². The smallest absolute Gasteiger partial charge is 0.335 e. The number of nitrogens with one attached hydrogen (secondary N) is 3. The summed E-state index contributed by atoms with van der Waals surface area (Å²) < 4.78 is 1.58. The summed E-state index contributed by atoms with van der Waals surface area (Å²) in [5.41, 5.74) is 2.53. The summed E-state index contributed by atoms with van der Waals surface area (Å²) in [5, 5.41) is 22.1. The number of carboxylic acids is 1. The normalized spacial score (nSPS) is 17.1. The molecule has 3 heterocycles. The van der Waals surface area contributed by atoms with Gasteiger partial charge in [0, 0.05) is 23.7 Å². The first-order chi connectivity index (χ1) is 15.5. The van der Waals surface area contributed by atoms with Gasteiger partial charge in [-0.25, -0.2) is 4.79 Å². The Balaban J connectivity index is 1.45. The number of hydrogen-bond acceptors (Lipinski definition) is 8. The van der Waals surface area contributed by atoms with Gasteiger partial charge in [0.2, 0.25) is 17.8 Å². The summed E-state index contributed by atoms with van der Waals surface area (Å²) in [6, 6.07) is 6.86. The van der Waals surface area contributed by atoms with Crippen molar-refractivity contribution in [3.8, 4) is 0 Å². The maximum Gasteiger partial charge on any atom is 0.335 e. The molecular formula is C21H19N7O4. The van der Waals surface area contributed by atoms with E-state index < -0.39 is 11.9 Å². The van der Waals surface area contributed by atoms with Gasteiger partial charge in [-0.05, 0) is 36.6 Å². The van der Waals surface area contributed by atoms with E-state index in [1.165, 1.54) is 0 Å². The summed E-state index contributed by atoms with van der Waals surface area (Å²) in [6.45, 7) is 0.389. The average Bonchev–Trinajstić information content (AvgIpc) is 3.41. The van der Waals surface area contributed by atoms with Gasteiger partial charge in [0.05, 0.1) is 18.2 Å². The van der Waals surface area contributed by atoms with Gasteiger partial charge in [0.1, 0.15) is 0 Å². The van der Waals surface area contributed by atoms with Gasteiger partial charge in [-0.15, -0.1) is 0 Å². The van der Waals surface area contributed by atoms with Crippen LogP contribution in [0.5, 0.6) is 0 Å². The van der Waals surface area contributed by atoms with Crippen LogP contribution in [0.25, 0.3) is 11.7 Å². The van der Waals surface area contributed by atoms with Gasteiger partial charge < -0.3 is 15.7 Å². The largest absolute Gasteiger partial charge is 0.478 e. The van der Waals surface area contributed by atoms with Gasteiger partial charge in [0.25, 0.3) is 5.91 Å². The highest BCUT2D eigenvalue weighted by atomic mass is 16.4. The number of amides is 2. The molecule has 1 aliphatic carbocycles. The highest BCUT2D eigenvalue weighted by Crippen LogP contribution is 2.26. The molecule has 5 rings (SSSR count). The molecule has 11 heteroatoms. The van der Waals surface area contributed by atoms with Gasteiger partial charge in [-0.1, -0.05) is 12.1 Å². The predicted molar refractivity (Wildman–Crippen MR) is 114 cm³/mol. The number of carboxylic acid groups (broad SMARTS) is 1. The van der Waals surface area contributed by atoms with Crippen molar-refractivity contribution in [2.75, 3.05) is 10.6 Å². The molecule has 4 N–H and O–H groups in total. The molecule has 2 aromatic heterocycles. The van der Waals surface area contributed by atoms with Gasteiger partial charge >= 0.3 is 5.97 Å². The first-order valence-corrected chi connectivity index (χ1v) is 10.1. The zero-order valence-electron chi connectivity index (χ0n) is 16.8. The lowest BCUT2D eigenvalue weighted by atomic mass is 10.1. The van der Waals surface area contributed by atoms with Crippen molar-refractivity contribution >= 4 is 41.4 Å². The molecule has 0 unspecified atom stereocenters. The van der Waals surface area contributed by atoms with E-state index in [-0.39, 0.29) is 17.9 Å². The third-order valence-corrected chi connectivity index (χ3v) is 5.18. The lowest BCUT2D eigenvalue weighted by molar-refractivity contribution is -0.124. The minimum absolute atomic E-state index is 0.0197. The van der Waals surface area contributed by atoms with Crippen LogP contribution in [0.2, 0.25) is 0 Å². The Hall–Kier alpha value is -4.28. The van der Waals surface area contributed by atoms with Crippen molar-refractivity contribution in [1.82, 2.24) is 24.9 Å². The van der Waals surface area contributed by atoms with Gasteiger partial charge in [-0.3, -0.25) is 14.9 Å². The molecule has 162 valence electrons. The van der Waals surface area contributed by atoms with Gasteiger partial charge in [-0.2, -0.15) is 19.6 Å². The monoisotopic (exact) mass is 433 g/mol. The molecule has 1 saturated heterocycles. The number of carbonyl (C=O) groups is 3. The lowest BCUT2D eigenvalue weighted by Gasteiger charge is -2.10. The SMILES string of the molecule is O=C1C/C(=C\c2cnn3c(NC4CC4)nc(NCc4ccc(C(=O)O)cc4)nc23)C(=O)N1. The van der Waals surface area contributed by atoms with E-state index in [0.29, 0.717) is 41.3 Å². The molecule has 11 nitrogen and oxygen atoms in total. The van der Waals surface area contributed by atoms with Crippen molar-refractivity contribution in [3.05, 3.63) is 52.7 Å². The Bertz CT molecular complexity index is 1280. The summed E-state index contributed by atoms with van der Waals surface area (Å²) >= 11 is 0. The maximum atomic E-state index is 11.9. The maximum absolute atomic E-state index is 11.9. The van der Waals surface area contributed by atoms with E-state index in [4.69, 9.17) is 5.11 Å². The van der Waals surface area contributed by atoms with Crippen LogP contribution < -0.4 is 16.0 Å². The lowest BCUT2D eigenvalue weighted by Crippen LogP contribution is -2.19. The fourth-order valence-corrected chi connectivity index (χ4v) is 3.33. The molecular weight excluding hydrogens is 414 g/mol. The average molecular weight is 433 g/mol. The zero-order valence-corrected chi connectivity index (χ0v) is 16.8. The quantitative estimate of drug-likeness (QED) is 0.320. The van der Waals surface area contributed by atoms with Crippen LogP contribution in [0, 0.1) is 0 Å². The Morgan fingerprint density at radius 3 is 2.66 bits per heavy atom. The molecule has 2 fully saturated rings. The summed E-state index contributed by atoms with van der Waals surface area (Å²) in [4.78, 5) is 43.5. The minimum atomic E-state index is -0.978. The molecule has 0 radical (unpaired) electrons. The molecule has 2 amide bonds. The second-order valence-corrected chi connectivity index (χ2v) is 7.70. The summed E-state index contributed by atoms with van der Waals surface area (Å²) in [7, 11) is 0. The van der Waals surface area contributed by atoms with E-state index in [1.54, 1.807) is 41.1 Å². The van der Waals surface area contributed by atoms with Gasteiger partial charge in [0.15, 0.2) is 5.65 Å². The van der Waals surface area contributed by atoms with Crippen LogP contribution in [-0.4, -0.2) is 48.5 Å². The van der Waals surface area contributed by atoms with Crippen LogP contribution in [-0.2, 0) is 16.1 Å². The van der Waals surface area contributed by atoms with Crippen molar-refractivity contribution < 1.29 is 19.5 Å². The number of imide groups is 1. The van der Waals surface area contributed by atoms with Crippen LogP contribution in [0.3, 0.4) is 0 Å². The Morgan fingerprint density at radius 1 is 1.22 bits per heavy atom. The van der Waals surface area contributed by atoms with E-state index >= 15 is 0 Å². The number of hydrogen-bond donors (Lipinski definition) is 4. The van der Waals surface area contributed by atoms with Crippen LogP contribution in [0.1, 0.15) is 40.7 Å². The summed E-state index contributed by atoms with van der Waals surface area (Å²) in [6.07, 6.45) is 5.31. The van der Waals surface area contributed by atoms with Crippen LogP contribution >= 0.6 is 0 Å². The van der Waals surface area contributed by atoms with Crippen molar-refractivity contribution in [1.29, 1.82) is 0 Å². The molecule has 32 heavy (non-hydrogen) atoms. The molecule has 0 spiro atoms. The second kappa shape index (κ2) is 7.76. The number of aromatic nitrogens is 4.